The summed E-state index contributed by atoms with van der Waals surface area (Å²) in [5.41, 5.74) is 5.07. The lowest BCUT2D eigenvalue weighted by Crippen LogP contribution is -2.37. The Kier molecular flexibility index (Phi) is 6.97. The summed E-state index contributed by atoms with van der Waals surface area (Å²) in [6, 6.07) is 41.9. The molecule has 0 aliphatic rings. The van der Waals surface area contributed by atoms with Gasteiger partial charge in [0.1, 0.15) is 11.1 Å². The Balaban J connectivity index is 1.58. The van der Waals surface area contributed by atoms with Gasteiger partial charge < -0.3 is 9.67 Å². The van der Waals surface area contributed by atoms with Gasteiger partial charge in [-0.1, -0.05) is 123 Å². The zero-order chi connectivity index (χ0) is 27.6. The molecular formula is C36H32N2OS. The first kappa shape index (κ1) is 26.0. The molecule has 1 N–H and O–H groups in total. The van der Waals surface area contributed by atoms with E-state index >= 15 is 0 Å². The summed E-state index contributed by atoms with van der Waals surface area (Å²) in [6.45, 7) is 4.10. The molecule has 0 spiro atoms. The van der Waals surface area contributed by atoms with E-state index in [1.807, 2.05) is 42.9 Å². The minimum absolute atomic E-state index is 0.117. The van der Waals surface area contributed by atoms with Crippen molar-refractivity contribution in [3.8, 4) is 11.1 Å². The second kappa shape index (κ2) is 10.7. The van der Waals surface area contributed by atoms with Gasteiger partial charge >= 0.3 is 0 Å². The molecule has 2 heterocycles. The van der Waals surface area contributed by atoms with Crippen LogP contribution in [0.2, 0.25) is 0 Å². The van der Waals surface area contributed by atoms with E-state index in [0.29, 0.717) is 5.69 Å². The van der Waals surface area contributed by atoms with E-state index in [4.69, 9.17) is 4.98 Å². The monoisotopic (exact) mass is 540 g/mol. The smallest absolute Gasteiger partial charge is 0.135 e. The Hall–Kier alpha value is -4.25. The van der Waals surface area contributed by atoms with E-state index < -0.39 is 11.1 Å². The molecule has 6 rings (SSSR count). The Bertz CT molecular complexity index is 1580. The molecule has 0 saturated heterocycles. The first-order valence-corrected chi connectivity index (χ1v) is 14.6. The Labute approximate surface area is 240 Å². The van der Waals surface area contributed by atoms with Crippen LogP contribution < -0.4 is 0 Å². The number of hydrogen-bond donors (Lipinski definition) is 1. The average molecular weight is 541 g/mol. The third kappa shape index (κ3) is 4.30. The average Bonchev–Trinajstić information content (AvgIpc) is 3.73. The van der Waals surface area contributed by atoms with Crippen molar-refractivity contribution in [3.05, 3.63) is 173 Å². The van der Waals surface area contributed by atoms with E-state index in [1.54, 1.807) is 11.3 Å². The van der Waals surface area contributed by atoms with Crippen LogP contribution in [0.5, 0.6) is 0 Å². The number of rotatable bonds is 8. The molecule has 40 heavy (non-hydrogen) atoms. The molecule has 2 aromatic heterocycles. The molecule has 4 heteroatoms. The number of thiophene rings is 1. The Morgan fingerprint density at radius 1 is 0.675 bits per heavy atom. The lowest BCUT2D eigenvalue weighted by molar-refractivity contribution is 0.0278. The van der Waals surface area contributed by atoms with Gasteiger partial charge in [-0.25, -0.2) is 4.98 Å². The summed E-state index contributed by atoms with van der Waals surface area (Å²) in [5.74, 6) is -0.117. The Morgan fingerprint density at radius 2 is 1.23 bits per heavy atom. The predicted octanol–water partition coefficient (Wildman–Crippen LogP) is 8.34. The molecule has 4 aromatic carbocycles. The fourth-order valence-corrected chi connectivity index (χ4v) is 6.49. The van der Waals surface area contributed by atoms with Gasteiger partial charge in [0.15, 0.2) is 0 Å². The molecule has 0 aliphatic heterocycles. The predicted molar refractivity (Wildman–Crippen MR) is 164 cm³/mol. The van der Waals surface area contributed by atoms with Crippen LogP contribution in [0, 0.1) is 5.92 Å². The summed E-state index contributed by atoms with van der Waals surface area (Å²) in [7, 11) is 0. The van der Waals surface area contributed by atoms with Gasteiger partial charge in [-0.3, -0.25) is 0 Å². The van der Waals surface area contributed by atoms with Crippen LogP contribution in [0.15, 0.2) is 145 Å². The maximum Gasteiger partial charge on any atom is 0.135 e. The highest BCUT2D eigenvalue weighted by Gasteiger charge is 2.42. The van der Waals surface area contributed by atoms with Crippen LogP contribution in [0.4, 0.5) is 0 Å². The molecule has 0 aliphatic carbocycles. The highest BCUT2D eigenvalue weighted by atomic mass is 32.1. The molecule has 198 valence electrons. The second-order valence-corrected chi connectivity index (χ2v) is 11.3. The van der Waals surface area contributed by atoms with Gasteiger partial charge in [0.05, 0.1) is 12.0 Å². The fraction of sp³-hybridized carbons (Fsp3) is 0.139. The molecule has 3 nitrogen and oxygen atoms in total. The van der Waals surface area contributed by atoms with E-state index in [9.17, 15) is 5.11 Å². The van der Waals surface area contributed by atoms with Crippen LogP contribution in [-0.4, -0.2) is 14.7 Å². The highest BCUT2D eigenvalue weighted by Crippen LogP contribution is 2.43. The van der Waals surface area contributed by atoms with E-state index in [1.165, 1.54) is 0 Å². The number of aliphatic hydroxyl groups is 1. The Morgan fingerprint density at radius 3 is 1.73 bits per heavy atom. The molecule has 6 aromatic rings. The minimum Gasteiger partial charge on any atom is -0.378 e. The third-order valence-electron chi connectivity index (χ3n) is 7.93. The van der Waals surface area contributed by atoms with E-state index in [0.717, 1.165) is 33.4 Å². The van der Waals surface area contributed by atoms with Crippen molar-refractivity contribution in [2.24, 2.45) is 5.92 Å². The lowest BCUT2D eigenvalue weighted by Gasteiger charge is -2.37. The van der Waals surface area contributed by atoms with Crippen molar-refractivity contribution in [2.45, 2.75) is 25.0 Å². The van der Waals surface area contributed by atoms with Gasteiger partial charge in [0.25, 0.3) is 0 Å². The van der Waals surface area contributed by atoms with Crippen LogP contribution in [0.1, 0.15) is 41.8 Å². The molecule has 0 saturated carbocycles. The fourth-order valence-electron chi connectivity index (χ4n) is 5.83. The van der Waals surface area contributed by atoms with Crippen molar-refractivity contribution in [3.63, 3.8) is 0 Å². The standard InChI is InChI=1S/C36H32N2OS/c1-27(2)36(39,33-20-12-13-28(23-33)29-21-22-40-25-29)34-24-38(26-37-34)35(30-14-6-3-7-15-30,31-16-8-4-9-17-31)32-18-10-5-11-19-32/h3-27,39H,1-2H3. The largest absolute Gasteiger partial charge is 0.378 e. The van der Waals surface area contributed by atoms with Gasteiger partial charge in [-0.05, 0) is 62.2 Å². The molecule has 1 unspecified atom stereocenters. The van der Waals surface area contributed by atoms with Crippen molar-refractivity contribution in [1.29, 1.82) is 0 Å². The number of hydrogen-bond acceptors (Lipinski definition) is 3. The van der Waals surface area contributed by atoms with Crippen molar-refractivity contribution in [1.82, 2.24) is 9.55 Å². The number of aromatic nitrogens is 2. The molecule has 0 fully saturated rings. The van der Waals surface area contributed by atoms with E-state index in [2.05, 4.69) is 120 Å². The summed E-state index contributed by atoms with van der Waals surface area (Å²) >= 11 is 1.67. The normalized spacial score (nSPS) is 13.3. The molecule has 1 atom stereocenters. The first-order valence-electron chi connectivity index (χ1n) is 13.6. The maximum absolute atomic E-state index is 12.5. The second-order valence-electron chi connectivity index (χ2n) is 10.5. The number of nitrogens with zero attached hydrogens (tertiary/aromatic N) is 2. The van der Waals surface area contributed by atoms with E-state index in [-0.39, 0.29) is 5.92 Å². The van der Waals surface area contributed by atoms with Crippen LogP contribution >= 0.6 is 11.3 Å². The van der Waals surface area contributed by atoms with Gasteiger partial charge in [0, 0.05) is 6.20 Å². The zero-order valence-electron chi connectivity index (χ0n) is 22.7. The van der Waals surface area contributed by atoms with Crippen LogP contribution in [0.25, 0.3) is 11.1 Å². The lowest BCUT2D eigenvalue weighted by atomic mass is 9.76. The minimum atomic E-state index is -1.28. The third-order valence-corrected chi connectivity index (χ3v) is 8.61. The van der Waals surface area contributed by atoms with Crippen molar-refractivity contribution < 1.29 is 5.11 Å². The summed E-state index contributed by atoms with van der Waals surface area (Å²) in [6.07, 6.45) is 3.91. The topological polar surface area (TPSA) is 38.0 Å². The quantitative estimate of drug-likeness (QED) is 0.197. The summed E-state index contributed by atoms with van der Waals surface area (Å²) in [5, 5.41) is 16.7. The van der Waals surface area contributed by atoms with Crippen molar-refractivity contribution >= 4 is 11.3 Å². The SMILES string of the molecule is CC(C)C(O)(c1cccc(-c2ccsc2)c1)c1cn(C(c2ccccc2)(c2ccccc2)c2ccccc2)cn1. The van der Waals surface area contributed by atoms with Gasteiger partial charge in [0.2, 0.25) is 0 Å². The summed E-state index contributed by atoms with van der Waals surface area (Å²) < 4.78 is 2.17. The molecule has 0 bridgehead atoms. The maximum atomic E-state index is 12.5. The molecule has 0 radical (unpaired) electrons. The highest BCUT2D eigenvalue weighted by molar-refractivity contribution is 7.08. The number of benzene rings is 4. The van der Waals surface area contributed by atoms with Crippen molar-refractivity contribution in [2.75, 3.05) is 0 Å². The van der Waals surface area contributed by atoms with Gasteiger partial charge in [-0.15, -0.1) is 0 Å². The summed E-state index contributed by atoms with van der Waals surface area (Å²) in [4.78, 5) is 4.94. The zero-order valence-corrected chi connectivity index (χ0v) is 23.5. The molecular weight excluding hydrogens is 508 g/mol. The molecule has 0 amide bonds. The van der Waals surface area contributed by atoms with Crippen LogP contribution in [0.3, 0.4) is 0 Å². The first-order chi connectivity index (χ1) is 19.5. The van der Waals surface area contributed by atoms with Gasteiger partial charge in [-0.2, -0.15) is 11.3 Å². The van der Waals surface area contributed by atoms with Crippen LogP contribution in [-0.2, 0) is 11.1 Å². The number of imidazole rings is 1.